The second-order valence-corrected chi connectivity index (χ2v) is 7.31. The number of para-hydroxylation sites is 2. The Hall–Kier alpha value is -2.12. The van der Waals surface area contributed by atoms with Crippen molar-refractivity contribution >= 4 is 22.6 Å². The summed E-state index contributed by atoms with van der Waals surface area (Å²) < 4.78 is 32.3. The van der Waals surface area contributed by atoms with Gasteiger partial charge in [-0.1, -0.05) is 30.3 Å². The highest BCUT2D eigenvalue weighted by Crippen LogP contribution is 2.40. The van der Waals surface area contributed by atoms with Crippen molar-refractivity contribution in [1.82, 2.24) is 0 Å². The number of hydrogen-bond acceptors (Lipinski definition) is 4. The van der Waals surface area contributed by atoms with Crippen LogP contribution in [0.3, 0.4) is 0 Å². The molecule has 2 aliphatic rings. The molecule has 0 amide bonds. The summed E-state index contributed by atoms with van der Waals surface area (Å²) in [5.41, 5.74) is -0.104. The van der Waals surface area contributed by atoms with Crippen molar-refractivity contribution in [2.75, 3.05) is 23.7 Å². The zero-order valence-corrected chi connectivity index (χ0v) is 14.8. The van der Waals surface area contributed by atoms with Crippen molar-refractivity contribution in [1.29, 1.82) is 0 Å². The maximum Gasteiger partial charge on any atom is 0.387 e. The van der Waals surface area contributed by atoms with E-state index in [0.29, 0.717) is 12.1 Å². The molecule has 0 saturated carbocycles. The molecular weight excluding hydrogens is 358 g/mol. The number of hydrogen-bond donors (Lipinski definition) is 1. The summed E-state index contributed by atoms with van der Waals surface area (Å²) in [4.78, 5) is 2.04. The predicted octanol–water partition coefficient (Wildman–Crippen LogP) is 3.46. The number of ether oxygens (including phenoxy) is 1. The molecule has 1 N–H and O–H groups in total. The third-order valence-corrected chi connectivity index (χ3v) is 5.84. The number of β-amino-alcohol motifs (C(OH)–C–C–N with tert-alkyl or cyclic N) is 1. The van der Waals surface area contributed by atoms with Gasteiger partial charge in [-0.25, -0.2) is 9.48 Å². The molecule has 0 saturated heterocycles. The van der Waals surface area contributed by atoms with Crippen LogP contribution in [0.5, 0.6) is 5.75 Å². The Morgan fingerprint density at radius 1 is 1.12 bits per heavy atom. The van der Waals surface area contributed by atoms with E-state index in [1.165, 1.54) is 6.07 Å². The number of rotatable bonds is 4. The van der Waals surface area contributed by atoms with Gasteiger partial charge >= 0.3 is 11.8 Å². The van der Waals surface area contributed by atoms with Gasteiger partial charge in [0.1, 0.15) is 11.4 Å². The number of thioether (sulfide) groups is 1. The lowest BCUT2D eigenvalue weighted by Crippen LogP contribution is -2.42. The van der Waals surface area contributed by atoms with Crippen molar-refractivity contribution < 1.29 is 23.2 Å². The number of aliphatic hydroxyl groups is 1. The Bertz CT molecular complexity index is 831. The van der Waals surface area contributed by atoms with Crippen LogP contribution < -0.4 is 9.64 Å². The molecule has 1 unspecified atom stereocenters. The third kappa shape index (κ3) is 2.95. The van der Waals surface area contributed by atoms with Gasteiger partial charge in [0.25, 0.3) is 5.72 Å². The molecule has 4 rings (SSSR count). The molecule has 0 radical (unpaired) electrons. The largest absolute Gasteiger partial charge is 0.434 e. The predicted molar refractivity (Wildman–Crippen MR) is 98.0 cm³/mol. The standard InChI is InChI=1S/C19H19F2N2O2S/c20-17(21)25-16-10-5-4-9-15(16)19(24)13-22(14-7-2-1-3-8-14)18-23(19)11-6-12-26-18/h1-5,7-10,17,24H,6,11-13H2/q+1. The van der Waals surface area contributed by atoms with Crippen LogP contribution in [0.2, 0.25) is 0 Å². The minimum absolute atomic E-state index is 0.00911. The normalized spacial score (nSPS) is 22.7. The average Bonchev–Trinajstić information content (AvgIpc) is 2.97. The molecule has 0 aromatic heterocycles. The van der Waals surface area contributed by atoms with Gasteiger partial charge in [-0.05, 0) is 42.4 Å². The van der Waals surface area contributed by atoms with E-state index in [1.54, 1.807) is 30.0 Å². The first-order valence-corrected chi connectivity index (χ1v) is 9.45. The van der Waals surface area contributed by atoms with Crippen molar-refractivity contribution in [3.63, 3.8) is 0 Å². The monoisotopic (exact) mass is 377 g/mol. The summed E-state index contributed by atoms with van der Waals surface area (Å²) >= 11 is 1.67. The number of nitrogens with zero attached hydrogens (tertiary/aromatic N) is 2. The van der Waals surface area contributed by atoms with Crippen molar-refractivity contribution in [3.8, 4) is 5.75 Å². The summed E-state index contributed by atoms with van der Waals surface area (Å²) in [5.74, 6) is 0.968. The Morgan fingerprint density at radius 2 is 1.85 bits per heavy atom. The van der Waals surface area contributed by atoms with Crippen LogP contribution >= 0.6 is 11.8 Å². The fraction of sp³-hybridized carbons (Fsp3) is 0.316. The fourth-order valence-corrected chi connectivity index (χ4v) is 4.72. The van der Waals surface area contributed by atoms with Crippen LogP contribution in [-0.2, 0) is 5.72 Å². The highest BCUT2D eigenvalue weighted by Gasteiger charge is 2.54. The Labute approximate surface area is 154 Å². The second-order valence-electron chi connectivity index (χ2n) is 6.25. The van der Waals surface area contributed by atoms with E-state index in [1.807, 2.05) is 39.8 Å². The van der Waals surface area contributed by atoms with Crippen LogP contribution in [-0.4, -0.2) is 40.3 Å². The molecule has 0 aliphatic carbocycles. The van der Waals surface area contributed by atoms with Crippen LogP contribution in [0.25, 0.3) is 0 Å². The molecule has 1 atom stereocenters. The molecular formula is C19H19F2N2O2S+. The van der Waals surface area contributed by atoms with Gasteiger partial charge in [-0.2, -0.15) is 8.78 Å². The number of alkyl halides is 2. The molecule has 2 aromatic carbocycles. The first-order chi connectivity index (χ1) is 12.6. The van der Waals surface area contributed by atoms with Gasteiger partial charge in [-0.3, -0.25) is 0 Å². The molecule has 7 heteroatoms. The summed E-state index contributed by atoms with van der Waals surface area (Å²) in [6.07, 6.45) is 0.914. The second kappa shape index (κ2) is 6.89. The van der Waals surface area contributed by atoms with E-state index < -0.39 is 12.3 Å². The Morgan fingerprint density at radius 3 is 2.62 bits per heavy atom. The summed E-state index contributed by atoms with van der Waals surface area (Å²) in [5, 5.41) is 12.5. The summed E-state index contributed by atoms with van der Waals surface area (Å²) in [7, 11) is 0. The number of anilines is 1. The van der Waals surface area contributed by atoms with E-state index in [4.69, 9.17) is 0 Å². The molecule has 136 valence electrons. The molecule has 2 aromatic rings. The van der Waals surface area contributed by atoms with Gasteiger partial charge in [0.05, 0.1) is 12.1 Å². The summed E-state index contributed by atoms with van der Waals surface area (Å²) in [6.45, 7) is -2.03. The smallest absolute Gasteiger partial charge is 0.387 e. The molecule has 2 heterocycles. The number of benzene rings is 2. The highest BCUT2D eigenvalue weighted by atomic mass is 32.2. The first kappa shape index (κ1) is 17.3. The molecule has 26 heavy (non-hydrogen) atoms. The maximum absolute atomic E-state index is 12.8. The van der Waals surface area contributed by atoms with Crippen molar-refractivity contribution in [2.45, 2.75) is 18.8 Å². The van der Waals surface area contributed by atoms with E-state index in [-0.39, 0.29) is 12.3 Å². The van der Waals surface area contributed by atoms with Crippen LogP contribution in [0, 0.1) is 0 Å². The van der Waals surface area contributed by atoms with E-state index >= 15 is 0 Å². The fourth-order valence-electron chi connectivity index (χ4n) is 3.54. The van der Waals surface area contributed by atoms with E-state index in [0.717, 1.165) is 23.0 Å². The lowest BCUT2D eigenvalue weighted by Gasteiger charge is -2.26. The van der Waals surface area contributed by atoms with Gasteiger partial charge in [0.15, 0.2) is 6.54 Å². The number of amidine groups is 1. The molecule has 2 aliphatic heterocycles. The van der Waals surface area contributed by atoms with E-state index in [2.05, 4.69) is 4.74 Å². The lowest BCUT2D eigenvalue weighted by molar-refractivity contribution is -0.656. The zero-order chi connectivity index (χ0) is 18.1. The Balaban J connectivity index is 1.81. The number of halogens is 2. The van der Waals surface area contributed by atoms with Gasteiger partial charge < -0.3 is 9.84 Å². The van der Waals surface area contributed by atoms with Crippen molar-refractivity contribution in [2.24, 2.45) is 0 Å². The maximum atomic E-state index is 12.8. The van der Waals surface area contributed by atoms with Crippen LogP contribution in [0.15, 0.2) is 54.6 Å². The van der Waals surface area contributed by atoms with E-state index in [9.17, 15) is 13.9 Å². The highest BCUT2D eigenvalue weighted by molar-refractivity contribution is 8.13. The van der Waals surface area contributed by atoms with Crippen LogP contribution in [0.1, 0.15) is 12.0 Å². The topological polar surface area (TPSA) is 35.7 Å². The summed E-state index contributed by atoms with van der Waals surface area (Å²) in [6, 6.07) is 16.3. The van der Waals surface area contributed by atoms with Crippen molar-refractivity contribution in [3.05, 3.63) is 60.2 Å². The first-order valence-electron chi connectivity index (χ1n) is 8.46. The zero-order valence-electron chi connectivity index (χ0n) is 14.0. The molecule has 0 bridgehead atoms. The van der Waals surface area contributed by atoms with Gasteiger partial charge in [0, 0.05) is 5.75 Å². The molecule has 0 spiro atoms. The SMILES string of the molecule is OC1(c2ccccc2OC(F)F)CN(c2ccccc2)C2=[N+]1CCCS2. The quantitative estimate of drug-likeness (QED) is 0.828. The van der Waals surface area contributed by atoms with Gasteiger partial charge in [0.2, 0.25) is 0 Å². The minimum atomic E-state index is -2.94. The van der Waals surface area contributed by atoms with Crippen LogP contribution in [0.4, 0.5) is 14.5 Å². The minimum Gasteiger partial charge on any atom is -0.434 e. The third-order valence-electron chi connectivity index (χ3n) is 4.65. The van der Waals surface area contributed by atoms with Gasteiger partial charge in [-0.15, -0.1) is 0 Å². The molecule has 4 nitrogen and oxygen atoms in total. The Kier molecular flexibility index (Phi) is 4.58. The lowest BCUT2D eigenvalue weighted by atomic mass is 10.0. The average molecular weight is 377 g/mol. The molecule has 0 fully saturated rings.